The van der Waals surface area contributed by atoms with Crippen LogP contribution in [0.25, 0.3) is 0 Å². The van der Waals surface area contributed by atoms with E-state index in [0.29, 0.717) is 16.4 Å². The van der Waals surface area contributed by atoms with Crippen LogP contribution in [-0.4, -0.2) is 29.4 Å². The van der Waals surface area contributed by atoms with Crippen LogP contribution in [0.2, 0.25) is 5.02 Å². The lowest BCUT2D eigenvalue weighted by atomic mass is 9.95. The lowest BCUT2D eigenvalue weighted by molar-refractivity contribution is -0.122. The fourth-order valence-corrected chi connectivity index (χ4v) is 3.75. The van der Waals surface area contributed by atoms with E-state index in [9.17, 15) is 14.4 Å². The van der Waals surface area contributed by atoms with Crippen LogP contribution in [0.4, 0.5) is 11.4 Å². The van der Waals surface area contributed by atoms with E-state index < -0.39 is 23.8 Å². The van der Waals surface area contributed by atoms with Crippen molar-refractivity contribution in [1.82, 2.24) is 0 Å². The fraction of sp³-hybridized carbons (Fsp3) is 0.158. The van der Waals surface area contributed by atoms with Gasteiger partial charge in [-0.3, -0.25) is 19.4 Å². The van der Waals surface area contributed by atoms with E-state index in [1.54, 1.807) is 48.5 Å². The highest BCUT2D eigenvalue weighted by Crippen LogP contribution is 2.38. The molecular weight excluding hydrogens is 434 g/mol. The van der Waals surface area contributed by atoms with Gasteiger partial charge >= 0.3 is 0 Å². The Morgan fingerprint density at radius 2 is 1.59 bits per heavy atom. The first-order valence-corrected chi connectivity index (χ1v) is 9.33. The van der Waals surface area contributed by atoms with Gasteiger partial charge in [0.1, 0.15) is 17.7 Å². The summed E-state index contributed by atoms with van der Waals surface area (Å²) in [6, 6.07) is 12.7. The molecule has 0 unspecified atom stereocenters. The SMILES string of the molecule is CC(=O)C1=NN(c2ccc(Cl)cc2)[C@@H]2C(=O)N(c3ccc(Br)cc3)C(=O)[C@H]12. The first-order valence-electron chi connectivity index (χ1n) is 8.16. The molecule has 27 heavy (non-hydrogen) atoms. The maximum Gasteiger partial charge on any atom is 0.259 e. The summed E-state index contributed by atoms with van der Waals surface area (Å²) in [7, 11) is 0. The summed E-state index contributed by atoms with van der Waals surface area (Å²) in [4.78, 5) is 39.4. The van der Waals surface area contributed by atoms with Gasteiger partial charge in [0.25, 0.3) is 5.91 Å². The van der Waals surface area contributed by atoms with Gasteiger partial charge < -0.3 is 0 Å². The van der Waals surface area contributed by atoms with Crippen LogP contribution >= 0.6 is 27.5 Å². The number of hydrazone groups is 1. The third-order valence-electron chi connectivity index (χ3n) is 4.59. The molecule has 0 saturated carbocycles. The zero-order chi connectivity index (χ0) is 19.3. The van der Waals surface area contributed by atoms with E-state index in [2.05, 4.69) is 21.0 Å². The van der Waals surface area contributed by atoms with Gasteiger partial charge in [-0.25, -0.2) is 4.90 Å². The molecule has 4 rings (SSSR count). The van der Waals surface area contributed by atoms with E-state index in [1.807, 2.05) is 0 Å². The number of benzene rings is 2. The number of imide groups is 1. The summed E-state index contributed by atoms with van der Waals surface area (Å²) in [6.45, 7) is 1.35. The molecule has 136 valence electrons. The summed E-state index contributed by atoms with van der Waals surface area (Å²) in [5, 5.41) is 6.28. The number of carbonyl (C=O) groups is 3. The summed E-state index contributed by atoms with van der Waals surface area (Å²) in [5.41, 5.74) is 1.14. The van der Waals surface area contributed by atoms with Crippen LogP contribution in [0.15, 0.2) is 58.1 Å². The summed E-state index contributed by atoms with van der Waals surface area (Å²) in [6.07, 6.45) is 0. The van der Waals surface area contributed by atoms with Gasteiger partial charge in [-0.05, 0) is 48.5 Å². The normalized spacial score (nSPS) is 21.5. The molecule has 2 aromatic rings. The van der Waals surface area contributed by atoms with Crippen molar-refractivity contribution < 1.29 is 14.4 Å². The number of ketones is 1. The molecule has 2 atom stereocenters. The van der Waals surface area contributed by atoms with Crippen LogP contribution in [-0.2, 0) is 14.4 Å². The zero-order valence-corrected chi connectivity index (χ0v) is 16.4. The lowest BCUT2D eigenvalue weighted by Crippen LogP contribution is -2.39. The number of hydrogen-bond acceptors (Lipinski definition) is 5. The van der Waals surface area contributed by atoms with Crippen molar-refractivity contribution in [3.05, 3.63) is 58.0 Å². The molecule has 2 aliphatic heterocycles. The van der Waals surface area contributed by atoms with Crippen molar-refractivity contribution >= 4 is 62.2 Å². The molecule has 2 heterocycles. The standard InChI is InChI=1S/C19H13BrClN3O3/c1-10(25)16-15-17(24(22-16)14-8-4-12(21)5-9-14)19(27)23(18(15)26)13-6-2-11(20)3-7-13/h2-9,15,17H,1H3/t15-,17+/m1/s1. The minimum atomic E-state index is -0.922. The third kappa shape index (κ3) is 2.87. The van der Waals surface area contributed by atoms with Crippen molar-refractivity contribution in [2.24, 2.45) is 11.0 Å². The van der Waals surface area contributed by atoms with Crippen molar-refractivity contribution in [3.8, 4) is 0 Å². The van der Waals surface area contributed by atoms with E-state index >= 15 is 0 Å². The Kier molecular flexibility index (Phi) is 4.36. The van der Waals surface area contributed by atoms with E-state index in [-0.39, 0.29) is 11.5 Å². The predicted molar refractivity (Wildman–Crippen MR) is 106 cm³/mol. The molecule has 0 N–H and O–H groups in total. The molecule has 2 aliphatic rings. The highest BCUT2D eigenvalue weighted by Gasteiger charge is 2.58. The topological polar surface area (TPSA) is 70.1 Å². The second-order valence-electron chi connectivity index (χ2n) is 6.27. The molecule has 0 aromatic heterocycles. The average Bonchev–Trinajstić information content (AvgIpc) is 3.15. The van der Waals surface area contributed by atoms with Crippen LogP contribution in [0.1, 0.15) is 6.92 Å². The van der Waals surface area contributed by atoms with Crippen LogP contribution in [0, 0.1) is 5.92 Å². The number of Topliss-reactive ketones (excluding diaryl/α,β-unsaturated/α-hetero) is 1. The van der Waals surface area contributed by atoms with Crippen molar-refractivity contribution in [2.45, 2.75) is 13.0 Å². The molecule has 6 nitrogen and oxygen atoms in total. The van der Waals surface area contributed by atoms with Gasteiger partial charge in [0.15, 0.2) is 5.78 Å². The van der Waals surface area contributed by atoms with E-state index in [4.69, 9.17) is 11.6 Å². The Morgan fingerprint density at radius 3 is 2.19 bits per heavy atom. The smallest absolute Gasteiger partial charge is 0.259 e. The monoisotopic (exact) mass is 445 g/mol. The van der Waals surface area contributed by atoms with Gasteiger partial charge in [-0.15, -0.1) is 0 Å². The molecule has 0 spiro atoms. The van der Waals surface area contributed by atoms with Crippen molar-refractivity contribution in [2.75, 3.05) is 9.91 Å². The number of halogens is 2. The number of amides is 2. The zero-order valence-electron chi connectivity index (χ0n) is 14.1. The number of anilines is 2. The largest absolute Gasteiger partial charge is 0.293 e. The average molecular weight is 447 g/mol. The van der Waals surface area contributed by atoms with Crippen LogP contribution in [0.5, 0.6) is 0 Å². The Hall–Kier alpha value is -2.51. The fourth-order valence-electron chi connectivity index (χ4n) is 3.36. The lowest BCUT2D eigenvalue weighted by Gasteiger charge is -2.22. The Balaban J connectivity index is 1.79. The van der Waals surface area contributed by atoms with Gasteiger partial charge in [0.2, 0.25) is 5.91 Å². The molecular formula is C19H13BrClN3O3. The highest BCUT2D eigenvalue weighted by atomic mass is 79.9. The molecule has 0 bridgehead atoms. The van der Waals surface area contributed by atoms with Gasteiger partial charge in [0.05, 0.1) is 11.4 Å². The Labute approximate surface area is 168 Å². The highest BCUT2D eigenvalue weighted by molar-refractivity contribution is 9.10. The third-order valence-corrected chi connectivity index (χ3v) is 5.37. The number of fused-ring (bicyclic) bond motifs is 1. The van der Waals surface area contributed by atoms with Crippen LogP contribution in [0.3, 0.4) is 0 Å². The molecule has 8 heteroatoms. The van der Waals surface area contributed by atoms with E-state index in [0.717, 1.165) is 9.37 Å². The second-order valence-corrected chi connectivity index (χ2v) is 7.63. The second kappa shape index (κ2) is 6.58. The van der Waals surface area contributed by atoms with Gasteiger partial charge in [0, 0.05) is 16.4 Å². The van der Waals surface area contributed by atoms with E-state index in [1.165, 1.54) is 11.9 Å². The minimum absolute atomic E-state index is 0.0907. The molecule has 2 aromatic carbocycles. The maximum absolute atomic E-state index is 13.1. The van der Waals surface area contributed by atoms with Gasteiger partial charge in [-0.1, -0.05) is 27.5 Å². The summed E-state index contributed by atoms with van der Waals surface area (Å²) in [5.74, 6) is -2.12. The predicted octanol–water partition coefficient (Wildman–Crippen LogP) is 3.43. The minimum Gasteiger partial charge on any atom is -0.293 e. The number of nitrogens with zero attached hydrogens (tertiary/aromatic N) is 3. The number of carbonyl (C=O) groups excluding carboxylic acids is 3. The van der Waals surface area contributed by atoms with Crippen molar-refractivity contribution in [3.63, 3.8) is 0 Å². The molecule has 1 fully saturated rings. The Bertz CT molecular complexity index is 988. The molecule has 1 saturated heterocycles. The number of rotatable bonds is 3. The first-order chi connectivity index (χ1) is 12.9. The quantitative estimate of drug-likeness (QED) is 0.678. The summed E-state index contributed by atoms with van der Waals surface area (Å²) < 4.78 is 0.833. The first kappa shape index (κ1) is 17.9. The van der Waals surface area contributed by atoms with Crippen molar-refractivity contribution in [1.29, 1.82) is 0 Å². The van der Waals surface area contributed by atoms with Crippen LogP contribution < -0.4 is 9.91 Å². The number of hydrogen-bond donors (Lipinski definition) is 0. The summed E-state index contributed by atoms with van der Waals surface area (Å²) >= 11 is 9.27. The Morgan fingerprint density at radius 1 is 1.00 bits per heavy atom. The molecule has 0 aliphatic carbocycles. The van der Waals surface area contributed by atoms with Gasteiger partial charge in [-0.2, -0.15) is 5.10 Å². The maximum atomic E-state index is 13.1. The molecule has 2 amide bonds. The molecule has 0 radical (unpaired) electrons.